The standard InChI is InChI=1S/C27H43NO3Si/c1-18(2)25-20(17-29)23(19-9-13-30-14-10-19)24-21(28-25)15-27(11-8-12-27)16-22(24)31-32(6,7)26(3,4)5/h9,18,22,29H,8,10-17H2,1-7H3/t22-/m0/s1. The van der Waals surface area contributed by atoms with Crippen LogP contribution in [0.2, 0.25) is 18.1 Å². The zero-order valence-electron chi connectivity index (χ0n) is 21.3. The minimum absolute atomic E-state index is 0.0271. The van der Waals surface area contributed by atoms with E-state index in [2.05, 4.69) is 53.8 Å². The van der Waals surface area contributed by atoms with Gasteiger partial charge in [0.2, 0.25) is 0 Å². The van der Waals surface area contributed by atoms with E-state index < -0.39 is 8.32 Å². The highest BCUT2D eigenvalue weighted by atomic mass is 28.4. The van der Waals surface area contributed by atoms with Crippen molar-refractivity contribution in [1.29, 1.82) is 0 Å². The molecule has 4 nitrogen and oxygen atoms in total. The predicted molar refractivity (Wildman–Crippen MR) is 133 cm³/mol. The summed E-state index contributed by atoms with van der Waals surface area (Å²) in [6.45, 7) is 17.5. The highest BCUT2D eigenvalue weighted by Crippen LogP contribution is 2.57. The van der Waals surface area contributed by atoms with E-state index in [9.17, 15) is 5.11 Å². The van der Waals surface area contributed by atoms with Gasteiger partial charge >= 0.3 is 0 Å². The summed E-state index contributed by atoms with van der Waals surface area (Å²) < 4.78 is 12.8. The van der Waals surface area contributed by atoms with Crippen molar-refractivity contribution in [1.82, 2.24) is 4.98 Å². The van der Waals surface area contributed by atoms with Gasteiger partial charge in [0.25, 0.3) is 0 Å². The number of aliphatic hydroxyl groups is 1. The van der Waals surface area contributed by atoms with Crippen LogP contribution in [0, 0.1) is 5.41 Å². The molecule has 178 valence electrons. The molecular weight excluding hydrogens is 414 g/mol. The molecule has 1 aliphatic heterocycles. The topological polar surface area (TPSA) is 51.6 Å². The Balaban J connectivity index is 1.93. The van der Waals surface area contributed by atoms with Gasteiger partial charge in [-0.1, -0.05) is 47.1 Å². The molecule has 0 bridgehead atoms. The molecule has 0 amide bonds. The largest absolute Gasteiger partial charge is 0.410 e. The summed E-state index contributed by atoms with van der Waals surface area (Å²) in [4.78, 5) is 5.28. The van der Waals surface area contributed by atoms with E-state index in [1.165, 1.54) is 41.7 Å². The fourth-order valence-corrected chi connectivity index (χ4v) is 6.83. The summed E-state index contributed by atoms with van der Waals surface area (Å²) in [7, 11) is -1.98. The van der Waals surface area contributed by atoms with Crippen molar-refractivity contribution in [3.63, 3.8) is 0 Å². The summed E-state index contributed by atoms with van der Waals surface area (Å²) in [6, 6.07) is 0. The van der Waals surface area contributed by atoms with E-state index in [4.69, 9.17) is 14.1 Å². The lowest BCUT2D eigenvalue weighted by atomic mass is 9.59. The number of pyridine rings is 1. The van der Waals surface area contributed by atoms with Gasteiger partial charge in [0.15, 0.2) is 8.32 Å². The van der Waals surface area contributed by atoms with Crippen LogP contribution in [0.5, 0.6) is 0 Å². The van der Waals surface area contributed by atoms with Gasteiger partial charge in [-0.2, -0.15) is 0 Å². The number of hydrogen-bond acceptors (Lipinski definition) is 4. The first kappa shape index (κ1) is 24.1. The molecule has 5 heteroatoms. The maximum atomic E-state index is 10.6. The van der Waals surface area contributed by atoms with Gasteiger partial charge in [0.05, 0.1) is 25.9 Å². The number of aliphatic hydroxyl groups excluding tert-OH is 1. The summed E-state index contributed by atoms with van der Waals surface area (Å²) in [5.41, 5.74) is 7.51. The minimum atomic E-state index is -1.98. The molecule has 1 atom stereocenters. The Morgan fingerprint density at radius 2 is 2.00 bits per heavy atom. The van der Waals surface area contributed by atoms with E-state index >= 15 is 0 Å². The smallest absolute Gasteiger partial charge is 0.192 e. The van der Waals surface area contributed by atoms with Crippen LogP contribution >= 0.6 is 0 Å². The maximum Gasteiger partial charge on any atom is 0.192 e. The lowest BCUT2D eigenvalue weighted by Gasteiger charge is -2.51. The van der Waals surface area contributed by atoms with E-state index in [1.807, 2.05) is 0 Å². The Labute approximate surface area is 195 Å². The zero-order valence-corrected chi connectivity index (χ0v) is 22.3. The molecule has 1 fully saturated rings. The van der Waals surface area contributed by atoms with Crippen molar-refractivity contribution in [3.05, 3.63) is 34.2 Å². The Bertz CT molecular complexity index is 893. The molecule has 1 spiro atoms. The molecule has 3 aliphatic rings. The van der Waals surface area contributed by atoms with Crippen LogP contribution in [-0.2, 0) is 22.2 Å². The molecule has 2 aliphatic carbocycles. The van der Waals surface area contributed by atoms with Crippen LogP contribution in [0.25, 0.3) is 5.57 Å². The van der Waals surface area contributed by atoms with Crippen molar-refractivity contribution >= 4 is 13.9 Å². The summed E-state index contributed by atoms with van der Waals surface area (Å²) >= 11 is 0. The molecule has 1 saturated carbocycles. The van der Waals surface area contributed by atoms with Crippen LogP contribution < -0.4 is 0 Å². The Morgan fingerprint density at radius 1 is 1.28 bits per heavy atom. The highest BCUT2D eigenvalue weighted by molar-refractivity contribution is 6.74. The van der Waals surface area contributed by atoms with E-state index in [0.717, 1.165) is 37.1 Å². The highest BCUT2D eigenvalue weighted by Gasteiger charge is 2.49. The SMILES string of the molecule is CC(C)c1nc2c(c(C3=CCOCC3)c1CO)[C@@H](O[Si](C)(C)C(C)(C)C)CC1(CCC1)C2. The van der Waals surface area contributed by atoms with Gasteiger partial charge in [-0.25, -0.2) is 0 Å². The van der Waals surface area contributed by atoms with Gasteiger partial charge in [-0.05, 0) is 72.7 Å². The second-order valence-corrected chi connectivity index (χ2v) is 16.9. The van der Waals surface area contributed by atoms with E-state index in [-0.39, 0.29) is 23.7 Å². The Morgan fingerprint density at radius 3 is 2.50 bits per heavy atom. The van der Waals surface area contributed by atoms with E-state index in [1.54, 1.807) is 0 Å². The second-order valence-electron chi connectivity index (χ2n) is 12.2. The number of hydrogen-bond donors (Lipinski definition) is 1. The predicted octanol–water partition coefficient (Wildman–Crippen LogP) is 6.68. The van der Waals surface area contributed by atoms with Crippen LogP contribution in [0.1, 0.15) is 107 Å². The zero-order chi connectivity index (χ0) is 23.3. The van der Waals surface area contributed by atoms with Gasteiger partial charge < -0.3 is 14.3 Å². The Hall–Kier alpha value is -1.01. The van der Waals surface area contributed by atoms with Crippen LogP contribution in [0.3, 0.4) is 0 Å². The van der Waals surface area contributed by atoms with Crippen molar-refractivity contribution in [2.24, 2.45) is 5.41 Å². The first-order valence-electron chi connectivity index (χ1n) is 12.6. The average Bonchev–Trinajstić information content (AvgIpc) is 2.70. The van der Waals surface area contributed by atoms with Crippen molar-refractivity contribution in [2.45, 2.75) is 110 Å². The first-order chi connectivity index (χ1) is 15.0. The summed E-state index contributed by atoms with van der Waals surface area (Å²) in [5.74, 6) is 0.278. The van der Waals surface area contributed by atoms with Crippen LogP contribution in [0.15, 0.2) is 6.08 Å². The molecule has 4 rings (SSSR count). The quantitative estimate of drug-likeness (QED) is 0.501. The van der Waals surface area contributed by atoms with Crippen molar-refractivity contribution in [3.8, 4) is 0 Å². The van der Waals surface area contributed by atoms with Gasteiger partial charge in [0.1, 0.15) is 0 Å². The number of ether oxygens (including phenoxy) is 1. The van der Waals surface area contributed by atoms with Gasteiger partial charge in [0, 0.05) is 22.5 Å². The van der Waals surface area contributed by atoms with Crippen LogP contribution in [0.4, 0.5) is 0 Å². The second kappa shape index (κ2) is 8.64. The molecule has 32 heavy (non-hydrogen) atoms. The third kappa shape index (κ3) is 4.26. The third-order valence-electron chi connectivity index (χ3n) is 8.58. The molecule has 0 unspecified atom stereocenters. The first-order valence-corrected chi connectivity index (χ1v) is 15.5. The van der Waals surface area contributed by atoms with Gasteiger partial charge in [-0.3, -0.25) is 4.98 Å². The number of aromatic nitrogens is 1. The summed E-state index contributed by atoms with van der Waals surface area (Å²) in [5, 5.41) is 10.7. The lowest BCUT2D eigenvalue weighted by Crippen LogP contribution is -2.46. The molecule has 2 heterocycles. The Kier molecular flexibility index (Phi) is 6.52. The molecular formula is C27H43NO3Si. The average molecular weight is 458 g/mol. The number of nitrogens with zero attached hydrogens (tertiary/aromatic N) is 1. The fraction of sp³-hybridized carbons (Fsp3) is 0.741. The lowest BCUT2D eigenvalue weighted by molar-refractivity contribution is 0.0297. The molecule has 0 saturated heterocycles. The molecule has 1 aromatic rings. The summed E-state index contributed by atoms with van der Waals surface area (Å²) in [6.07, 6.45) is 9.23. The van der Waals surface area contributed by atoms with Gasteiger partial charge in [-0.15, -0.1) is 0 Å². The maximum absolute atomic E-state index is 10.6. The molecule has 0 radical (unpaired) electrons. The number of fused-ring (bicyclic) bond motifs is 1. The van der Waals surface area contributed by atoms with Crippen LogP contribution in [-0.4, -0.2) is 31.6 Å². The monoisotopic (exact) mass is 457 g/mol. The van der Waals surface area contributed by atoms with Crippen molar-refractivity contribution in [2.75, 3.05) is 13.2 Å². The normalized spacial score (nSPS) is 23.2. The molecule has 1 N–H and O–H groups in total. The third-order valence-corrected chi connectivity index (χ3v) is 13.1. The van der Waals surface area contributed by atoms with Crippen molar-refractivity contribution < 1.29 is 14.3 Å². The minimum Gasteiger partial charge on any atom is -0.410 e. The number of rotatable bonds is 5. The molecule has 0 aromatic carbocycles. The fourth-order valence-electron chi connectivity index (χ4n) is 5.56. The van der Waals surface area contributed by atoms with E-state index in [0.29, 0.717) is 12.0 Å². The molecule has 1 aromatic heterocycles.